The third-order valence-electron chi connectivity index (χ3n) is 2.02. The summed E-state index contributed by atoms with van der Waals surface area (Å²) in [5.74, 6) is 0. The highest BCUT2D eigenvalue weighted by atomic mass is 16.1. The molecule has 0 aliphatic carbocycles. The van der Waals surface area contributed by atoms with E-state index in [9.17, 15) is 4.79 Å². The molecule has 1 aromatic rings. The monoisotopic (exact) mass is 198 g/mol. The normalized spacial score (nSPS) is 11.7. The van der Waals surface area contributed by atoms with Gasteiger partial charge in [0, 0.05) is 5.56 Å². The van der Waals surface area contributed by atoms with Crippen LogP contribution in [0.2, 0.25) is 0 Å². The fourth-order valence-electron chi connectivity index (χ4n) is 1.31. The van der Waals surface area contributed by atoms with E-state index in [0.29, 0.717) is 5.56 Å². The number of allylic oxidation sites excluding steroid dienone is 5. The van der Waals surface area contributed by atoms with E-state index >= 15 is 0 Å². The largest absolute Gasteiger partial charge is 0.298 e. The first-order valence-electron chi connectivity index (χ1n) is 4.83. The van der Waals surface area contributed by atoms with Gasteiger partial charge in [-0.25, -0.2) is 0 Å². The van der Waals surface area contributed by atoms with Crippen LogP contribution in [0.4, 0.5) is 0 Å². The average Bonchev–Trinajstić information content (AvgIpc) is 2.29. The van der Waals surface area contributed by atoms with Gasteiger partial charge in [0.2, 0.25) is 0 Å². The van der Waals surface area contributed by atoms with Crippen molar-refractivity contribution in [1.29, 1.82) is 0 Å². The van der Waals surface area contributed by atoms with E-state index in [1.165, 1.54) is 0 Å². The van der Waals surface area contributed by atoms with Crippen molar-refractivity contribution in [2.45, 2.75) is 6.92 Å². The summed E-state index contributed by atoms with van der Waals surface area (Å²) < 4.78 is 0. The predicted octanol–water partition coefficient (Wildman–Crippen LogP) is 3.64. The van der Waals surface area contributed by atoms with E-state index in [2.05, 4.69) is 6.58 Å². The molecule has 0 radical (unpaired) electrons. The number of carbonyl (C=O) groups is 1. The maximum atomic E-state index is 10.5. The van der Waals surface area contributed by atoms with Gasteiger partial charge in [0.05, 0.1) is 0 Å². The molecule has 0 N–H and O–H groups in total. The zero-order valence-corrected chi connectivity index (χ0v) is 8.81. The van der Waals surface area contributed by atoms with Crippen LogP contribution in [0.1, 0.15) is 22.8 Å². The first-order valence-corrected chi connectivity index (χ1v) is 4.83. The summed E-state index contributed by atoms with van der Waals surface area (Å²) in [7, 11) is 0. The Morgan fingerprint density at radius 1 is 1.27 bits per heavy atom. The number of carbonyl (C=O) groups excluding carboxylic acids is 1. The summed E-state index contributed by atoms with van der Waals surface area (Å²) in [4.78, 5) is 10.5. The molecule has 1 rings (SSSR count). The molecule has 0 aliphatic rings. The number of hydrogen-bond acceptors (Lipinski definition) is 1. The van der Waals surface area contributed by atoms with Gasteiger partial charge in [-0.3, -0.25) is 4.79 Å². The molecule has 0 saturated heterocycles. The van der Waals surface area contributed by atoms with Crippen LogP contribution < -0.4 is 0 Å². The van der Waals surface area contributed by atoms with Crippen LogP contribution in [-0.2, 0) is 0 Å². The van der Waals surface area contributed by atoms with E-state index in [4.69, 9.17) is 0 Å². The second-order valence-electron chi connectivity index (χ2n) is 3.10. The summed E-state index contributed by atoms with van der Waals surface area (Å²) in [5.41, 5.74) is 2.86. The van der Waals surface area contributed by atoms with Gasteiger partial charge in [-0.1, -0.05) is 55.1 Å². The van der Waals surface area contributed by atoms with E-state index in [1.807, 2.05) is 49.4 Å². The quantitative estimate of drug-likeness (QED) is 0.533. The summed E-state index contributed by atoms with van der Waals surface area (Å²) in [6, 6.07) is 7.48. The molecule has 0 saturated carbocycles. The molecule has 15 heavy (non-hydrogen) atoms. The molecule has 1 nitrogen and oxygen atoms in total. The third kappa shape index (κ3) is 3.06. The Morgan fingerprint density at radius 3 is 2.40 bits per heavy atom. The molecular weight excluding hydrogens is 184 g/mol. The fraction of sp³-hybridized carbons (Fsp3) is 0.0714. The Labute approximate surface area is 90.4 Å². The van der Waals surface area contributed by atoms with Crippen molar-refractivity contribution < 1.29 is 4.79 Å². The van der Waals surface area contributed by atoms with E-state index in [1.54, 1.807) is 6.08 Å². The third-order valence-corrected chi connectivity index (χ3v) is 2.02. The zero-order chi connectivity index (χ0) is 11.1. The molecule has 76 valence electrons. The lowest BCUT2D eigenvalue weighted by atomic mass is 10.0. The minimum Gasteiger partial charge on any atom is -0.298 e. The van der Waals surface area contributed by atoms with E-state index < -0.39 is 0 Å². The molecular formula is C14H14O. The summed E-state index contributed by atoms with van der Waals surface area (Å²) in [6.45, 7) is 5.64. The molecule has 0 amide bonds. The number of aldehydes is 1. The first-order chi connectivity index (χ1) is 7.31. The zero-order valence-electron chi connectivity index (χ0n) is 8.81. The van der Waals surface area contributed by atoms with Gasteiger partial charge in [-0.2, -0.15) is 0 Å². The van der Waals surface area contributed by atoms with Crippen molar-refractivity contribution in [2.75, 3.05) is 0 Å². The predicted molar refractivity (Wildman–Crippen MR) is 64.8 cm³/mol. The smallest absolute Gasteiger partial charge is 0.150 e. The molecule has 0 atom stereocenters. The van der Waals surface area contributed by atoms with Crippen molar-refractivity contribution >= 4 is 11.9 Å². The number of hydrogen-bond donors (Lipinski definition) is 0. The molecule has 0 aromatic heterocycles. The minimum atomic E-state index is 0.692. The van der Waals surface area contributed by atoms with Crippen molar-refractivity contribution in [1.82, 2.24) is 0 Å². The Kier molecular flexibility index (Phi) is 4.30. The summed E-state index contributed by atoms with van der Waals surface area (Å²) >= 11 is 0. The fourth-order valence-corrected chi connectivity index (χ4v) is 1.31. The Hall–Kier alpha value is -1.89. The van der Waals surface area contributed by atoms with Gasteiger partial charge in [-0.05, 0) is 18.1 Å². The summed E-state index contributed by atoms with van der Waals surface area (Å²) in [6.07, 6.45) is 8.52. The SMILES string of the molecule is C=C/C=C(\C=C/C)c1ccc(C=O)cc1. The lowest BCUT2D eigenvalue weighted by Crippen LogP contribution is -1.83. The van der Waals surface area contributed by atoms with Crippen molar-refractivity contribution in [3.05, 3.63) is 66.3 Å². The second-order valence-corrected chi connectivity index (χ2v) is 3.10. The van der Waals surface area contributed by atoms with Crippen LogP contribution in [0.15, 0.2) is 55.1 Å². The van der Waals surface area contributed by atoms with Gasteiger partial charge in [0.25, 0.3) is 0 Å². The Morgan fingerprint density at radius 2 is 1.93 bits per heavy atom. The van der Waals surface area contributed by atoms with Gasteiger partial charge >= 0.3 is 0 Å². The Balaban J connectivity index is 3.07. The van der Waals surface area contributed by atoms with Crippen molar-refractivity contribution in [2.24, 2.45) is 0 Å². The van der Waals surface area contributed by atoms with Gasteiger partial charge in [0.1, 0.15) is 6.29 Å². The highest BCUT2D eigenvalue weighted by Crippen LogP contribution is 2.16. The number of benzene rings is 1. The second kappa shape index (κ2) is 5.76. The topological polar surface area (TPSA) is 17.1 Å². The lowest BCUT2D eigenvalue weighted by molar-refractivity contribution is 0.112. The van der Waals surface area contributed by atoms with Crippen LogP contribution in [0, 0.1) is 0 Å². The minimum absolute atomic E-state index is 0.692. The van der Waals surface area contributed by atoms with Crippen LogP contribution >= 0.6 is 0 Å². The maximum Gasteiger partial charge on any atom is 0.150 e. The van der Waals surface area contributed by atoms with Gasteiger partial charge in [-0.15, -0.1) is 0 Å². The van der Waals surface area contributed by atoms with Crippen molar-refractivity contribution in [3.63, 3.8) is 0 Å². The lowest BCUT2D eigenvalue weighted by Gasteiger charge is -2.01. The highest BCUT2D eigenvalue weighted by Gasteiger charge is 1.96. The van der Waals surface area contributed by atoms with E-state index in [0.717, 1.165) is 17.4 Å². The highest BCUT2D eigenvalue weighted by molar-refractivity contribution is 5.79. The van der Waals surface area contributed by atoms with Crippen LogP contribution in [0.5, 0.6) is 0 Å². The molecule has 1 heteroatoms. The van der Waals surface area contributed by atoms with E-state index in [-0.39, 0.29) is 0 Å². The van der Waals surface area contributed by atoms with Crippen LogP contribution in [0.3, 0.4) is 0 Å². The average molecular weight is 198 g/mol. The molecule has 0 unspecified atom stereocenters. The van der Waals surface area contributed by atoms with Crippen LogP contribution in [-0.4, -0.2) is 6.29 Å². The standard InChI is InChI=1S/C14H14O/c1-3-5-13(6-4-2)14-9-7-12(11-15)8-10-14/h3-11H,1H2,2H3/b6-4-,13-5+. The van der Waals surface area contributed by atoms with Crippen molar-refractivity contribution in [3.8, 4) is 0 Å². The molecule has 0 aliphatic heterocycles. The van der Waals surface area contributed by atoms with Gasteiger partial charge in [0.15, 0.2) is 0 Å². The summed E-state index contributed by atoms with van der Waals surface area (Å²) in [5, 5.41) is 0. The van der Waals surface area contributed by atoms with Crippen LogP contribution in [0.25, 0.3) is 5.57 Å². The number of rotatable bonds is 4. The molecule has 0 bridgehead atoms. The molecule has 1 aromatic carbocycles. The molecule has 0 fully saturated rings. The first kappa shape index (κ1) is 11.2. The molecule has 0 heterocycles. The van der Waals surface area contributed by atoms with Gasteiger partial charge < -0.3 is 0 Å². The maximum absolute atomic E-state index is 10.5. The Bertz CT molecular complexity index is 394. The molecule has 0 spiro atoms.